The summed E-state index contributed by atoms with van der Waals surface area (Å²) in [6.07, 6.45) is 4.33. The molecule has 1 aromatic carbocycles. The Balaban J connectivity index is 2.16. The summed E-state index contributed by atoms with van der Waals surface area (Å²) >= 11 is 11.8. The Labute approximate surface area is 109 Å². The number of aliphatic hydroxyl groups is 1. The summed E-state index contributed by atoms with van der Waals surface area (Å²) in [5, 5.41) is 11.1. The van der Waals surface area contributed by atoms with Gasteiger partial charge in [0.05, 0.1) is 6.10 Å². The van der Waals surface area contributed by atoms with Gasteiger partial charge in [0.15, 0.2) is 0 Å². The van der Waals surface area contributed by atoms with Crippen LogP contribution in [0.3, 0.4) is 0 Å². The minimum atomic E-state index is -0.671. The SMILES string of the molecule is OC(Cc1ccc(Cl)cc1Cl)c1cncnc1. The number of rotatable bonds is 3. The predicted molar refractivity (Wildman–Crippen MR) is 67.2 cm³/mol. The highest BCUT2D eigenvalue weighted by molar-refractivity contribution is 6.35. The topological polar surface area (TPSA) is 46.0 Å². The molecule has 1 unspecified atom stereocenters. The summed E-state index contributed by atoms with van der Waals surface area (Å²) in [6.45, 7) is 0. The molecular weight excluding hydrogens is 259 g/mol. The van der Waals surface area contributed by atoms with Crippen molar-refractivity contribution in [1.29, 1.82) is 0 Å². The lowest BCUT2D eigenvalue weighted by Gasteiger charge is -2.11. The van der Waals surface area contributed by atoms with Crippen LogP contribution in [0, 0.1) is 0 Å². The Morgan fingerprint density at radius 1 is 1.18 bits per heavy atom. The zero-order chi connectivity index (χ0) is 12.3. The lowest BCUT2D eigenvalue weighted by Crippen LogP contribution is -2.03. The Morgan fingerprint density at radius 3 is 2.53 bits per heavy atom. The van der Waals surface area contributed by atoms with Gasteiger partial charge >= 0.3 is 0 Å². The number of hydrogen-bond acceptors (Lipinski definition) is 3. The van der Waals surface area contributed by atoms with Crippen molar-refractivity contribution < 1.29 is 5.11 Å². The fourth-order valence-corrected chi connectivity index (χ4v) is 1.98. The lowest BCUT2D eigenvalue weighted by molar-refractivity contribution is 0.177. The predicted octanol–water partition coefficient (Wildman–Crippen LogP) is 3.06. The molecule has 0 saturated carbocycles. The Morgan fingerprint density at radius 2 is 1.88 bits per heavy atom. The van der Waals surface area contributed by atoms with Gasteiger partial charge in [-0.2, -0.15) is 0 Å². The number of benzene rings is 1. The molecular formula is C12H10Cl2N2O. The molecule has 88 valence electrons. The third-order valence-corrected chi connectivity index (χ3v) is 2.98. The number of hydrogen-bond donors (Lipinski definition) is 1. The second kappa shape index (κ2) is 5.45. The van der Waals surface area contributed by atoms with Gasteiger partial charge in [-0.05, 0) is 17.7 Å². The summed E-state index contributed by atoms with van der Waals surface area (Å²) < 4.78 is 0. The van der Waals surface area contributed by atoms with Gasteiger partial charge in [-0.25, -0.2) is 9.97 Å². The van der Waals surface area contributed by atoms with Crippen molar-refractivity contribution in [2.45, 2.75) is 12.5 Å². The normalized spacial score (nSPS) is 12.4. The van der Waals surface area contributed by atoms with E-state index in [-0.39, 0.29) is 0 Å². The minimum Gasteiger partial charge on any atom is -0.388 e. The van der Waals surface area contributed by atoms with Crippen molar-refractivity contribution in [1.82, 2.24) is 9.97 Å². The average Bonchev–Trinajstić information content (AvgIpc) is 2.34. The van der Waals surface area contributed by atoms with Gasteiger partial charge in [-0.15, -0.1) is 0 Å². The molecule has 0 aliphatic heterocycles. The van der Waals surface area contributed by atoms with E-state index in [1.54, 1.807) is 30.6 Å². The van der Waals surface area contributed by atoms with Gasteiger partial charge in [-0.3, -0.25) is 0 Å². The lowest BCUT2D eigenvalue weighted by atomic mass is 10.0. The van der Waals surface area contributed by atoms with E-state index in [9.17, 15) is 5.11 Å². The molecule has 3 nitrogen and oxygen atoms in total. The monoisotopic (exact) mass is 268 g/mol. The molecule has 0 aliphatic carbocycles. The van der Waals surface area contributed by atoms with Crippen LogP contribution in [0.15, 0.2) is 36.9 Å². The first-order valence-electron chi connectivity index (χ1n) is 5.03. The fraction of sp³-hybridized carbons (Fsp3) is 0.167. The highest BCUT2D eigenvalue weighted by Crippen LogP contribution is 2.25. The maximum atomic E-state index is 10.00. The number of aromatic nitrogens is 2. The summed E-state index contributed by atoms with van der Waals surface area (Å²) in [7, 11) is 0. The van der Waals surface area contributed by atoms with E-state index in [2.05, 4.69) is 9.97 Å². The van der Waals surface area contributed by atoms with Crippen LogP contribution in [0.4, 0.5) is 0 Å². The van der Waals surface area contributed by atoms with Gasteiger partial charge in [0.25, 0.3) is 0 Å². The van der Waals surface area contributed by atoms with Gasteiger partial charge in [0, 0.05) is 34.4 Å². The molecule has 2 rings (SSSR count). The van der Waals surface area contributed by atoms with E-state index in [0.29, 0.717) is 22.0 Å². The van der Waals surface area contributed by atoms with Gasteiger partial charge < -0.3 is 5.11 Å². The summed E-state index contributed by atoms with van der Waals surface area (Å²) in [4.78, 5) is 7.72. The summed E-state index contributed by atoms with van der Waals surface area (Å²) in [6, 6.07) is 5.21. The quantitative estimate of drug-likeness (QED) is 0.931. The molecule has 0 saturated heterocycles. The minimum absolute atomic E-state index is 0.406. The molecule has 0 radical (unpaired) electrons. The molecule has 0 aliphatic rings. The number of halogens is 2. The van der Waals surface area contributed by atoms with E-state index in [4.69, 9.17) is 23.2 Å². The molecule has 1 atom stereocenters. The molecule has 0 bridgehead atoms. The number of aliphatic hydroxyl groups excluding tert-OH is 1. The Bertz CT molecular complexity index is 505. The third kappa shape index (κ3) is 3.16. The molecule has 0 fully saturated rings. The van der Waals surface area contributed by atoms with Crippen LogP contribution in [0.25, 0.3) is 0 Å². The van der Waals surface area contributed by atoms with Crippen LogP contribution >= 0.6 is 23.2 Å². The van der Waals surface area contributed by atoms with Gasteiger partial charge in [0.2, 0.25) is 0 Å². The Kier molecular flexibility index (Phi) is 3.94. The first-order chi connectivity index (χ1) is 8.16. The van der Waals surface area contributed by atoms with E-state index in [0.717, 1.165) is 5.56 Å². The first kappa shape index (κ1) is 12.3. The molecule has 0 amide bonds. The second-order valence-corrected chi connectivity index (χ2v) is 4.47. The first-order valence-corrected chi connectivity index (χ1v) is 5.79. The van der Waals surface area contributed by atoms with Crippen LogP contribution in [-0.2, 0) is 6.42 Å². The second-order valence-electron chi connectivity index (χ2n) is 3.63. The summed E-state index contributed by atoms with van der Waals surface area (Å²) in [5.41, 5.74) is 1.51. The zero-order valence-electron chi connectivity index (χ0n) is 8.85. The van der Waals surface area contributed by atoms with Crippen LogP contribution in [0.1, 0.15) is 17.2 Å². The zero-order valence-corrected chi connectivity index (χ0v) is 10.4. The molecule has 5 heteroatoms. The largest absolute Gasteiger partial charge is 0.388 e. The van der Waals surface area contributed by atoms with Crippen molar-refractivity contribution in [3.05, 3.63) is 58.1 Å². The highest BCUT2D eigenvalue weighted by atomic mass is 35.5. The maximum Gasteiger partial charge on any atom is 0.115 e. The van der Waals surface area contributed by atoms with E-state index >= 15 is 0 Å². The van der Waals surface area contributed by atoms with Crippen LogP contribution < -0.4 is 0 Å². The van der Waals surface area contributed by atoms with E-state index in [1.807, 2.05) is 0 Å². The molecule has 1 aromatic heterocycles. The molecule has 17 heavy (non-hydrogen) atoms. The summed E-state index contributed by atoms with van der Waals surface area (Å²) in [5.74, 6) is 0. The maximum absolute atomic E-state index is 10.00. The third-order valence-electron chi connectivity index (χ3n) is 2.39. The van der Waals surface area contributed by atoms with Crippen LogP contribution in [0.2, 0.25) is 10.0 Å². The fourth-order valence-electron chi connectivity index (χ4n) is 1.50. The number of nitrogens with zero attached hydrogens (tertiary/aromatic N) is 2. The van der Waals surface area contributed by atoms with Crippen LogP contribution in [-0.4, -0.2) is 15.1 Å². The molecule has 2 aromatic rings. The van der Waals surface area contributed by atoms with Crippen LogP contribution in [0.5, 0.6) is 0 Å². The Hall–Kier alpha value is -1.16. The molecule has 0 spiro atoms. The van der Waals surface area contributed by atoms with Gasteiger partial charge in [0.1, 0.15) is 6.33 Å². The smallest absolute Gasteiger partial charge is 0.115 e. The van der Waals surface area contributed by atoms with Crippen molar-refractivity contribution >= 4 is 23.2 Å². The average molecular weight is 269 g/mol. The highest BCUT2D eigenvalue weighted by Gasteiger charge is 2.11. The standard InChI is InChI=1S/C12H10Cl2N2O/c13-10-2-1-8(11(14)4-10)3-12(17)9-5-15-7-16-6-9/h1-2,4-7,12,17H,3H2. The van der Waals surface area contributed by atoms with Crippen molar-refractivity contribution in [3.63, 3.8) is 0 Å². The van der Waals surface area contributed by atoms with E-state index in [1.165, 1.54) is 6.33 Å². The van der Waals surface area contributed by atoms with Crippen molar-refractivity contribution in [2.75, 3.05) is 0 Å². The van der Waals surface area contributed by atoms with Gasteiger partial charge in [-0.1, -0.05) is 29.3 Å². The van der Waals surface area contributed by atoms with E-state index < -0.39 is 6.10 Å². The molecule has 1 N–H and O–H groups in total. The van der Waals surface area contributed by atoms with Crippen molar-refractivity contribution in [2.24, 2.45) is 0 Å². The van der Waals surface area contributed by atoms with Crippen molar-refractivity contribution in [3.8, 4) is 0 Å². The molecule has 1 heterocycles.